The molecule has 30 heavy (non-hydrogen) atoms. The summed E-state index contributed by atoms with van der Waals surface area (Å²) in [6.45, 7) is 3.47. The van der Waals surface area contributed by atoms with E-state index in [-0.39, 0.29) is 5.91 Å². The zero-order valence-electron chi connectivity index (χ0n) is 15.9. The van der Waals surface area contributed by atoms with E-state index in [2.05, 4.69) is 49.3 Å². The van der Waals surface area contributed by atoms with Crippen LogP contribution in [0.1, 0.15) is 0 Å². The Bertz CT molecular complexity index is 1400. The first kappa shape index (κ1) is 17.7. The minimum absolute atomic E-state index is 0.259. The topological polar surface area (TPSA) is 98.5 Å². The SMILES string of the molecule is C=CC(=O)Nc1cccc(Nc2ncnc3[nH]c(-c4cccc5[nH]ccc45)cc23)c1. The number of aromatic nitrogens is 4. The van der Waals surface area contributed by atoms with Crippen molar-refractivity contribution < 1.29 is 4.79 Å². The lowest BCUT2D eigenvalue weighted by Crippen LogP contribution is -2.07. The molecule has 0 fully saturated rings. The minimum atomic E-state index is -0.259. The van der Waals surface area contributed by atoms with Gasteiger partial charge in [0.15, 0.2) is 0 Å². The van der Waals surface area contributed by atoms with Crippen LogP contribution in [-0.2, 0) is 4.79 Å². The molecule has 2 aromatic carbocycles. The summed E-state index contributed by atoms with van der Waals surface area (Å²) >= 11 is 0. The average Bonchev–Trinajstić information content (AvgIpc) is 3.41. The van der Waals surface area contributed by atoms with Crippen molar-refractivity contribution in [1.82, 2.24) is 19.9 Å². The fourth-order valence-electron chi connectivity index (χ4n) is 3.51. The molecule has 3 aromatic heterocycles. The maximum Gasteiger partial charge on any atom is 0.247 e. The van der Waals surface area contributed by atoms with Crippen LogP contribution in [0.3, 0.4) is 0 Å². The van der Waals surface area contributed by atoms with E-state index in [1.165, 1.54) is 12.4 Å². The summed E-state index contributed by atoms with van der Waals surface area (Å²) in [5, 5.41) is 8.09. The van der Waals surface area contributed by atoms with Gasteiger partial charge in [-0.1, -0.05) is 24.8 Å². The first-order valence-electron chi connectivity index (χ1n) is 9.42. The molecule has 4 N–H and O–H groups in total. The van der Waals surface area contributed by atoms with Crippen LogP contribution in [0.4, 0.5) is 17.2 Å². The van der Waals surface area contributed by atoms with Crippen molar-refractivity contribution >= 4 is 45.0 Å². The Labute approximate surface area is 171 Å². The number of carbonyl (C=O) groups excluding carboxylic acids is 1. The number of H-pyrrole nitrogens is 2. The molecule has 0 atom stereocenters. The second-order valence-corrected chi connectivity index (χ2v) is 6.81. The molecule has 0 unspecified atom stereocenters. The molecule has 7 heteroatoms. The Kier molecular flexibility index (Phi) is 4.25. The molecule has 5 aromatic rings. The number of carbonyl (C=O) groups is 1. The van der Waals surface area contributed by atoms with Crippen LogP contribution in [0.5, 0.6) is 0 Å². The van der Waals surface area contributed by atoms with E-state index in [1.54, 1.807) is 0 Å². The predicted octanol–water partition coefficient (Wildman–Crippen LogP) is 4.97. The standard InChI is InChI=1S/C23H18N6O/c1-2-21(30)27-14-5-3-6-15(11-14)28-22-18-12-20(29-23(18)26-13-25-22)16-7-4-8-19-17(16)9-10-24-19/h2-13,24H,1H2,(H,27,30)(H2,25,26,28,29). The quantitative estimate of drug-likeness (QED) is 0.316. The smallest absolute Gasteiger partial charge is 0.247 e. The molecule has 5 rings (SSSR count). The largest absolute Gasteiger partial charge is 0.361 e. The van der Waals surface area contributed by atoms with Gasteiger partial charge < -0.3 is 20.6 Å². The lowest BCUT2D eigenvalue weighted by molar-refractivity contribution is -0.111. The number of nitrogens with one attached hydrogen (secondary N) is 4. The second kappa shape index (κ2) is 7.21. The van der Waals surface area contributed by atoms with Gasteiger partial charge in [-0.25, -0.2) is 9.97 Å². The van der Waals surface area contributed by atoms with E-state index in [0.717, 1.165) is 38.9 Å². The summed E-state index contributed by atoms with van der Waals surface area (Å²) in [7, 11) is 0. The lowest BCUT2D eigenvalue weighted by atomic mass is 10.1. The van der Waals surface area contributed by atoms with E-state index in [0.29, 0.717) is 11.5 Å². The van der Waals surface area contributed by atoms with Crippen LogP contribution in [0.25, 0.3) is 33.2 Å². The van der Waals surface area contributed by atoms with Crippen LogP contribution in [0.2, 0.25) is 0 Å². The molecule has 0 radical (unpaired) electrons. The van der Waals surface area contributed by atoms with Gasteiger partial charge >= 0.3 is 0 Å². The van der Waals surface area contributed by atoms with E-state index in [4.69, 9.17) is 0 Å². The summed E-state index contributed by atoms with van der Waals surface area (Å²) in [4.78, 5) is 27.0. The lowest BCUT2D eigenvalue weighted by Gasteiger charge is -2.08. The Morgan fingerprint density at radius 2 is 1.87 bits per heavy atom. The number of nitrogens with zero attached hydrogens (tertiary/aromatic N) is 2. The predicted molar refractivity (Wildman–Crippen MR) is 120 cm³/mol. The van der Waals surface area contributed by atoms with Crippen molar-refractivity contribution in [3.63, 3.8) is 0 Å². The molecule has 0 aliphatic carbocycles. The van der Waals surface area contributed by atoms with Crippen molar-refractivity contribution in [2.75, 3.05) is 10.6 Å². The van der Waals surface area contributed by atoms with Crippen molar-refractivity contribution in [3.8, 4) is 11.3 Å². The van der Waals surface area contributed by atoms with Gasteiger partial charge in [0.2, 0.25) is 5.91 Å². The Balaban J connectivity index is 1.52. The zero-order chi connectivity index (χ0) is 20.5. The van der Waals surface area contributed by atoms with Crippen LogP contribution in [0, 0.1) is 0 Å². The summed E-state index contributed by atoms with van der Waals surface area (Å²) < 4.78 is 0. The maximum atomic E-state index is 11.6. The Morgan fingerprint density at radius 1 is 1.00 bits per heavy atom. The fourth-order valence-corrected chi connectivity index (χ4v) is 3.51. The van der Waals surface area contributed by atoms with Crippen LogP contribution in [0.15, 0.2) is 79.8 Å². The van der Waals surface area contributed by atoms with E-state index in [9.17, 15) is 4.79 Å². The molecule has 1 amide bonds. The summed E-state index contributed by atoms with van der Waals surface area (Å²) in [6, 6.07) is 17.7. The van der Waals surface area contributed by atoms with Gasteiger partial charge in [0, 0.05) is 39.7 Å². The molecule has 0 aliphatic rings. The first-order chi connectivity index (χ1) is 14.7. The number of aromatic amines is 2. The van der Waals surface area contributed by atoms with Crippen molar-refractivity contribution in [3.05, 3.63) is 79.8 Å². The molecule has 7 nitrogen and oxygen atoms in total. The maximum absolute atomic E-state index is 11.6. The van der Waals surface area contributed by atoms with Gasteiger partial charge in [-0.3, -0.25) is 4.79 Å². The number of rotatable bonds is 5. The molecule has 3 heterocycles. The van der Waals surface area contributed by atoms with Gasteiger partial charge in [0.05, 0.1) is 5.39 Å². The van der Waals surface area contributed by atoms with Crippen molar-refractivity contribution in [1.29, 1.82) is 0 Å². The molecule has 146 valence electrons. The van der Waals surface area contributed by atoms with E-state index < -0.39 is 0 Å². The summed E-state index contributed by atoms with van der Waals surface area (Å²) in [6.07, 6.45) is 4.69. The van der Waals surface area contributed by atoms with Gasteiger partial charge in [0.1, 0.15) is 17.8 Å². The normalized spacial score (nSPS) is 10.9. The molecular weight excluding hydrogens is 376 g/mol. The summed E-state index contributed by atoms with van der Waals surface area (Å²) in [5.41, 5.74) is 5.34. The molecule has 0 aliphatic heterocycles. The minimum Gasteiger partial charge on any atom is -0.361 e. The molecule has 0 saturated heterocycles. The number of hydrogen-bond acceptors (Lipinski definition) is 4. The van der Waals surface area contributed by atoms with Crippen LogP contribution >= 0.6 is 0 Å². The van der Waals surface area contributed by atoms with E-state index >= 15 is 0 Å². The molecule has 0 spiro atoms. The zero-order valence-corrected chi connectivity index (χ0v) is 15.9. The first-order valence-corrected chi connectivity index (χ1v) is 9.42. The third-order valence-corrected chi connectivity index (χ3v) is 4.89. The molecular formula is C23H18N6O. The van der Waals surface area contributed by atoms with Crippen LogP contribution in [-0.4, -0.2) is 25.8 Å². The Hall–Kier alpha value is -4.39. The highest BCUT2D eigenvalue weighted by Gasteiger charge is 2.12. The molecule has 0 bridgehead atoms. The average molecular weight is 394 g/mol. The van der Waals surface area contributed by atoms with Crippen molar-refractivity contribution in [2.45, 2.75) is 0 Å². The number of anilines is 3. The van der Waals surface area contributed by atoms with E-state index in [1.807, 2.05) is 48.7 Å². The fraction of sp³-hybridized carbons (Fsp3) is 0. The monoisotopic (exact) mass is 394 g/mol. The summed E-state index contributed by atoms with van der Waals surface area (Å²) in [5.74, 6) is 0.418. The third-order valence-electron chi connectivity index (χ3n) is 4.89. The van der Waals surface area contributed by atoms with Gasteiger partial charge in [-0.15, -0.1) is 0 Å². The number of fused-ring (bicyclic) bond motifs is 2. The highest BCUT2D eigenvalue weighted by molar-refractivity contribution is 6.00. The van der Waals surface area contributed by atoms with Crippen LogP contribution < -0.4 is 10.6 Å². The molecule has 0 saturated carbocycles. The highest BCUT2D eigenvalue weighted by Crippen LogP contribution is 2.32. The number of benzene rings is 2. The number of hydrogen-bond donors (Lipinski definition) is 4. The highest BCUT2D eigenvalue weighted by atomic mass is 16.1. The van der Waals surface area contributed by atoms with Gasteiger partial charge in [0.25, 0.3) is 0 Å². The van der Waals surface area contributed by atoms with Gasteiger partial charge in [-0.2, -0.15) is 0 Å². The third kappa shape index (κ3) is 3.18. The number of amides is 1. The second-order valence-electron chi connectivity index (χ2n) is 6.81. The Morgan fingerprint density at radius 3 is 2.77 bits per heavy atom. The van der Waals surface area contributed by atoms with Gasteiger partial charge in [-0.05, 0) is 42.5 Å². The van der Waals surface area contributed by atoms with Crippen molar-refractivity contribution in [2.24, 2.45) is 0 Å².